The highest BCUT2D eigenvalue weighted by Crippen LogP contribution is 2.23. The van der Waals surface area contributed by atoms with Gasteiger partial charge >= 0.3 is 0 Å². The maximum Gasteiger partial charge on any atom is 0.133 e. The minimum atomic E-state index is 0.0575. The third kappa shape index (κ3) is 3.70. The second-order valence-corrected chi connectivity index (χ2v) is 5.92. The summed E-state index contributed by atoms with van der Waals surface area (Å²) in [5, 5.41) is 9.04. The number of hydrogen-bond acceptors (Lipinski definition) is 2. The Labute approximate surface area is 128 Å². The first kappa shape index (κ1) is 13.8. The molecule has 2 rings (SSSR count). The molecule has 2 aromatic carbocycles. The van der Waals surface area contributed by atoms with Gasteiger partial charge in [0.05, 0.1) is 10.2 Å². The van der Waals surface area contributed by atoms with E-state index >= 15 is 0 Å². The number of aliphatic hydroxyl groups excluding tert-OH is 1. The van der Waals surface area contributed by atoms with Crippen molar-refractivity contribution >= 4 is 38.5 Å². The quantitative estimate of drug-likeness (QED) is 0.756. The standard InChI is InChI=1S/C14H12BrIO2/c15-12-3-1-2-11(6-12)9-18-14-5-4-10(8-17)7-13(14)16/h1-7,17H,8-9H2. The molecule has 0 unspecified atom stereocenters. The van der Waals surface area contributed by atoms with Crippen LogP contribution in [-0.4, -0.2) is 5.11 Å². The van der Waals surface area contributed by atoms with E-state index in [0.29, 0.717) is 6.61 Å². The van der Waals surface area contributed by atoms with Crippen molar-refractivity contribution in [3.63, 3.8) is 0 Å². The molecule has 2 aromatic rings. The second-order valence-electron chi connectivity index (χ2n) is 3.84. The molecular formula is C14H12BrIO2. The minimum absolute atomic E-state index is 0.0575. The summed E-state index contributed by atoms with van der Waals surface area (Å²) in [7, 11) is 0. The van der Waals surface area contributed by atoms with Crippen molar-refractivity contribution in [2.24, 2.45) is 0 Å². The molecule has 0 aliphatic rings. The van der Waals surface area contributed by atoms with Crippen LogP contribution < -0.4 is 4.74 Å². The van der Waals surface area contributed by atoms with Gasteiger partial charge in [-0.05, 0) is 58.0 Å². The predicted molar refractivity (Wildman–Crippen MR) is 83.6 cm³/mol. The van der Waals surface area contributed by atoms with Gasteiger partial charge in [-0.3, -0.25) is 0 Å². The summed E-state index contributed by atoms with van der Waals surface area (Å²) in [5.41, 5.74) is 2.01. The number of hydrogen-bond donors (Lipinski definition) is 1. The van der Waals surface area contributed by atoms with Gasteiger partial charge in [0.1, 0.15) is 12.4 Å². The molecule has 0 saturated heterocycles. The van der Waals surface area contributed by atoms with E-state index in [-0.39, 0.29) is 6.61 Å². The fraction of sp³-hybridized carbons (Fsp3) is 0.143. The summed E-state index contributed by atoms with van der Waals surface area (Å²) in [5.74, 6) is 0.841. The molecule has 0 bridgehead atoms. The molecule has 0 saturated carbocycles. The van der Waals surface area contributed by atoms with E-state index < -0.39 is 0 Å². The zero-order valence-electron chi connectivity index (χ0n) is 9.57. The van der Waals surface area contributed by atoms with E-state index in [9.17, 15) is 0 Å². The molecule has 0 amide bonds. The number of benzene rings is 2. The van der Waals surface area contributed by atoms with Crippen LogP contribution in [0.2, 0.25) is 0 Å². The molecule has 0 fully saturated rings. The fourth-order valence-corrected chi connectivity index (χ4v) is 2.73. The normalized spacial score (nSPS) is 10.4. The lowest BCUT2D eigenvalue weighted by atomic mass is 10.2. The predicted octanol–water partition coefficient (Wildman–Crippen LogP) is 4.13. The molecule has 94 valence electrons. The second kappa shape index (κ2) is 6.54. The molecule has 0 radical (unpaired) electrons. The van der Waals surface area contributed by atoms with Crippen LogP contribution in [0, 0.1) is 3.57 Å². The van der Waals surface area contributed by atoms with Crippen LogP contribution in [0.4, 0.5) is 0 Å². The summed E-state index contributed by atoms with van der Waals surface area (Å²) in [6, 6.07) is 13.7. The van der Waals surface area contributed by atoms with E-state index in [1.165, 1.54) is 0 Å². The van der Waals surface area contributed by atoms with Crippen molar-refractivity contribution in [3.05, 3.63) is 61.6 Å². The van der Waals surface area contributed by atoms with Gasteiger partial charge in [0.25, 0.3) is 0 Å². The average Bonchev–Trinajstić information content (AvgIpc) is 2.37. The van der Waals surface area contributed by atoms with Crippen LogP contribution >= 0.6 is 38.5 Å². The van der Waals surface area contributed by atoms with Crippen LogP contribution in [0.5, 0.6) is 5.75 Å². The van der Waals surface area contributed by atoms with E-state index in [1.54, 1.807) is 0 Å². The van der Waals surface area contributed by atoms with Crippen molar-refractivity contribution in [1.82, 2.24) is 0 Å². The lowest BCUT2D eigenvalue weighted by Gasteiger charge is -2.09. The lowest BCUT2D eigenvalue weighted by Crippen LogP contribution is -1.97. The van der Waals surface area contributed by atoms with E-state index in [0.717, 1.165) is 24.9 Å². The summed E-state index contributed by atoms with van der Waals surface area (Å²) in [4.78, 5) is 0. The third-order valence-electron chi connectivity index (χ3n) is 2.46. The molecule has 0 aromatic heterocycles. The molecule has 0 aliphatic heterocycles. The Morgan fingerprint density at radius 2 is 1.94 bits per heavy atom. The highest BCUT2D eigenvalue weighted by molar-refractivity contribution is 14.1. The molecular weight excluding hydrogens is 407 g/mol. The first-order valence-corrected chi connectivity index (χ1v) is 7.33. The molecule has 0 atom stereocenters. The van der Waals surface area contributed by atoms with Gasteiger partial charge in [-0.25, -0.2) is 0 Å². The summed E-state index contributed by atoms with van der Waals surface area (Å²) >= 11 is 5.65. The molecule has 18 heavy (non-hydrogen) atoms. The van der Waals surface area contributed by atoms with Gasteiger partial charge in [-0.2, -0.15) is 0 Å². The van der Waals surface area contributed by atoms with Crippen molar-refractivity contribution in [1.29, 1.82) is 0 Å². The van der Waals surface area contributed by atoms with Crippen LogP contribution in [0.3, 0.4) is 0 Å². The van der Waals surface area contributed by atoms with E-state index in [1.807, 2.05) is 42.5 Å². The molecule has 1 N–H and O–H groups in total. The molecule has 0 heterocycles. The van der Waals surface area contributed by atoms with Crippen molar-refractivity contribution < 1.29 is 9.84 Å². The van der Waals surface area contributed by atoms with Gasteiger partial charge in [-0.15, -0.1) is 0 Å². The SMILES string of the molecule is OCc1ccc(OCc2cccc(Br)c2)c(I)c1. The summed E-state index contributed by atoms with van der Waals surface area (Å²) in [6.07, 6.45) is 0. The number of ether oxygens (including phenoxy) is 1. The zero-order valence-corrected chi connectivity index (χ0v) is 13.3. The fourth-order valence-electron chi connectivity index (χ4n) is 1.55. The Kier molecular flexibility index (Phi) is 5.03. The average molecular weight is 419 g/mol. The van der Waals surface area contributed by atoms with E-state index in [4.69, 9.17) is 9.84 Å². The Bertz CT molecular complexity index is 543. The van der Waals surface area contributed by atoms with Crippen LogP contribution in [-0.2, 0) is 13.2 Å². The van der Waals surface area contributed by atoms with Gasteiger partial charge < -0.3 is 9.84 Å². The first-order valence-electron chi connectivity index (χ1n) is 5.45. The lowest BCUT2D eigenvalue weighted by molar-refractivity contribution is 0.280. The van der Waals surface area contributed by atoms with Crippen molar-refractivity contribution in [2.45, 2.75) is 13.2 Å². The van der Waals surface area contributed by atoms with Gasteiger partial charge in [0.15, 0.2) is 0 Å². The van der Waals surface area contributed by atoms with Gasteiger partial charge in [0, 0.05) is 4.47 Å². The van der Waals surface area contributed by atoms with Gasteiger partial charge in [-0.1, -0.05) is 34.1 Å². The largest absolute Gasteiger partial charge is 0.488 e. The van der Waals surface area contributed by atoms with Crippen LogP contribution in [0.15, 0.2) is 46.9 Å². The number of aliphatic hydroxyl groups is 1. The Morgan fingerprint density at radius 3 is 2.61 bits per heavy atom. The summed E-state index contributed by atoms with van der Waals surface area (Å²) in [6.45, 7) is 0.593. The third-order valence-corrected chi connectivity index (χ3v) is 3.80. The minimum Gasteiger partial charge on any atom is -0.488 e. The molecule has 2 nitrogen and oxygen atoms in total. The molecule has 4 heteroatoms. The summed E-state index contributed by atoms with van der Waals surface area (Å²) < 4.78 is 7.83. The topological polar surface area (TPSA) is 29.5 Å². The first-order chi connectivity index (χ1) is 8.69. The Hall–Kier alpha value is -0.590. The van der Waals surface area contributed by atoms with Crippen LogP contribution in [0.25, 0.3) is 0 Å². The maximum absolute atomic E-state index is 9.04. The maximum atomic E-state index is 9.04. The van der Waals surface area contributed by atoms with Gasteiger partial charge in [0.2, 0.25) is 0 Å². The highest BCUT2D eigenvalue weighted by atomic mass is 127. The van der Waals surface area contributed by atoms with Crippen molar-refractivity contribution in [2.75, 3.05) is 0 Å². The van der Waals surface area contributed by atoms with Crippen molar-refractivity contribution in [3.8, 4) is 5.75 Å². The number of rotatable bonds is 4. The van der Waals surface area contributed by atoms with E-state index in [2.05, 4.69) is 38.5 Å². The number of halogens is 2. The van der Waals surface area contributed by atoms with Crippen LogP contribution in [0.1, 0.15) is 11.1 Å². The smallest absolute Gasteiger partial charge is 0.133 e. The monoisotopic (exact) mass is 418 g/mol. The molecule has 0 spiro atoms. The highest BCUT2D eigenvalue weighted by Gasteiger charge is 2.03. The molecule has 0 aliphatic carbocycles. The Morgan fingerprint density at radius 1 is 1.11 bits per heavy atom. The Balaban J connectivity index is 2.06. The zero-order chi connectivity index (χ0) is 13.0.